The van der Waals surface area contributed by atoms with Crippen LogP contribution >= 0.6 is 0 Å². The molecule has 4 atom stereocenters. The van der Waals surface area contributed by atoms with Gasteiger partial charge in [-0.3, -0.25) is 4.90 Å². The minimum absolute atomic E-state index is 0.118. The topological polar surface area (TPSA) is 63.9 Å². The Hall–Kier alpha value is -0.160. The van der Waals surface area contributed by atoms with Gasteiger partial charge in [0.1, 0.15) is 6.10 Å². The van der Waals surface area contributed by atoms with E-state index >= 15 is 0 Å². The van der Waals surface area contributed by atoms with Crippen molar-refractivity contribution in [3.05, 3.63) is 12.8 Å². The number of nitrogens with zero attached hydrogens (tertiary/aromatic N) is 1. The van der Waals surface area contributed by atoms with Crippen molar-refractivity contribution in [2.45, 2.75) is 30.8 Å². The number of piperidine rings is 2. The van der Waals surface area contributed by atoms with Gasteiger partial charge in [0.15, 0.2) is 0 Å². The molecular formula is C9H15NO3. The van der Waals surface area contributed by atoms with Gasteiger partial charge in [-0.1, -0.05) is 0 Å². The Bertz CT molecular complexity index is 186. The zero-order chi connectivity index (χ0) is 9.42. The minimum Gasteiger partial charge on any atom is -0.389 e. The summed E-state index contributed by atoms with van der Waals surface area (Å²) in [6, 6.07) is -0.118. The van der Waals surface area contributed by atoms with Gasteiger partial charge in [0.25, 0.3) is 0 Å². The molecule has 0 aromatic heterocycles. The molecule has 0 amide bonds. The van der Waals surface area contributed by atoms with Gasteiger partial charge < -0.3 is 15.3 Å². The van der Waals surface area contributed by atoms with Crippen molar-refractivity contribution in [2.75, 3.05) is 13.1 Å². The summed E-state index contributed by atoms with van der Waals surface area (Å²) >= 11 is 0. The first kappa shape index (κ1) is 9.40. The van der Waals surface area contributed by atoms with E-state index in [-0.39, 0.29) is 6.04 Å². The summed E-state index contributed by atoms with van der Waals surface area (Å²) in [5, 5.41) is 28.5. The molecule has 4 heteroatoms. The number of fused-ring (bicyclic) bond motifs is 1. The van der Waals surface area contributed by atoms with Crippen molar-refractivity contribution in [3.63, 3.8) is 0 Å². The summed E-state index contributed by atoms with van der Waals surface area (Å²) in [5.74, 6) is 0. The Morgan fingerprint density at radius 3 is 2.69 bits per heavy atom. The summed E-state index contributed by atoms with van der Waals surface area (Å²) in [6.45, 7) is 1.30. The normalized spacial score (nSPS) is 47.3. The molecule has 0 unspecified atom stereocenters. The van der Waals surface area contributed by atoms with Crippen LogP contribution in [0.2, 0.25) is 0 Å². The molecule has 3 N–H and O–H groups in total. The first-order chi connectivity index (χ1) is 6.20. The molecule has 0 spiro atoms. The fraction of sp³-hybridized carbons (Fsp3) is 0.778. The molecule has 2 fully saturated rings. The Balaban J connectivity index is 2.08. The molecule has 0 aromatic carbocycles. The third-order valence-corrected chi connectivity index (χ3v) is 2.85. The van der Waals surface area contributed by atoms with E-state index in [4.69, 9.17) is 0 Å². The average Bonchev–Trinajstić information content (AvgIpc) is 2.15. The monoisotopic (exact) mass is 185 g/mol. The standard InChI is InChI=1S/C9H15NO3/c11-7-5-10-4-2-1-3-6(10)8(12)9(7)13/h1,3,6-9,11-13H,2,4-5H2/t6-,7-,8+,9+/m1/s1. The molecule has 0 aliphatic carbocycles. The van der Waals surface area contributed by atoms with Gasteiger partial charge in [0.2, 0.25) is 0 Å². The Morgan fingerprint density at radius 2 is 1.92 bits per heavy atom. The smallest absolute Gasteiger partial charge is 0.108 e. The van der Waals surface area contributed by atoms with Crippen LogP contribution in [0.3, 0.4) is 0 Å². The molecule has 13 heavy (non-hydrogen) atoms. The Labute approximate surface area is 77.8 Å². The highest BCUT2D eigenvalue weighted by molar-refractivity contribution is 5.08. The first-order valence-electron chi connectivity index (χ1n) is 4.65. The van der Waals surface area contributed by atoms with Crippen LogP contribution < -0.4 is 0 Å². The SMILES string of the molecule is O[C@@H]1[C@@H](O)[C@H]2[CH][CH]CCN2C[C@H]1O. The summed E-state index contributed by atoms with van der Waals surface area (Å²) in [6.07, 6.45) is 2.17. The molecule has 2 heterocycles. The number of hydrogen-bond donors (Lipinski definition) is 3. The molecule has 2 rings (SSSR count). The van der Waals surface area contributed by atoms with Crippen LogP contribution in [-0.2, 0) is 0 Å². The molecule has 74 valence electrons. The molecule has 0 saturated carbocycles. The van der Waals surface area contributed by atoms with E-state index in [1.54, 1.807) is 0 Å². The van der Waals surface area contributed by atoms with Crippen LogP contribution in [0.5, 0.6) is 0 Å². The van der Waals surface area contributed by atoms with Crippen LogP contribution in [0.15, 0.2) is 0 Å². The van der Waals surface area contributed by atoms with Gasteiger partial charge in [-0.2, -0.15) is 0 Å². The summed E-state index contributed by atoms with van der Waals surface area (Å²) < 4.78 is 0. The lowest BCUT2D eigenvalue weighted by atomic mass is 9.88. The fourth-order valence-electron chi connectivity index (χ4n) is 2.07. The first-order valence-corrected chi connectivity index (χ1v) is 4.65. The second-order valence-corrected chi connectivity index (χ2v) is 3.75. The second-order valence-electron chi connectivity index (χ2n) is 3.75. The Morgan fingerprint density at radius 1 is 1.15 bits per heavy atom. The molecule has 2 aliphatic heterocycles. The molecule has 2 aliphatic rings. The van der Waals surface area contributed by atoms with Gasteiger partial charge in [-0.15, -0.1) is 0 Å². The van der Waals surface area contributed by atoms with Gasteiger partial charge in [0.05, 0.1) is 12.2 Å². The van der Waals surface area contributed by atoms with E-state index in [0.717, 1.165) is 13.0 Å². The highest BCUT2D eigenvalue weighted by Gasteiger charge is 2.41. The molecule has 2 saturated heterocycles. The lowest BCUT2D eigenvalue weighted by Gasteiger charge is -2.46. The predicted molar refractivity (Wildman–Crippen MR) is 46.6 cm³/mol. The van der Waals surface area contributed by atoms with Gasteiger partial charge >= 0.3 is 0 Å². The van der Waals surface area contributed by atoms with E-state index in [1.807, 2.05) is 17.7 Å². The Kier molecular flexibility index (Phi) is 2.55. The van der Waals surface area contributed by atoms with Crippen LogP contribution in [0, 0.1) is 12.8 Å². The van der Waals surface area contributed by atoms with Crippen molar-refractivity contribution < 1.29 is 15.3 Å². The number of hydrogen-bond acceptors (Lipinski definition) is 4. The number of aliphatic hydroxyl groups excluding tert-OH is 3. The highest BCUT2D eigenvalue weighted by Crippen LogP contribution is 2.25. The number of rotatable bonds is 0. The predicted octanol–water partition coefficient (Wildman–Crippen LogP) is -1.43. The maximum atomic E-state index is 9.64. The van der Waals surface area contributed by atoms with Crippen molar-refractivity contribution in [1.82, 2.24) is 4.90 Å². The van der Waals surface area contributed by atoms with E-state index in [2.05, 4.69) is 0 Å². The summed E-state index contributed by atoms with van der Waals surface area (Å²) in [5.41, 5.74) is 0. The van der Waals surface area contributed by atoms with Crippen molar-refractivity contribution in [2.24, 2.45) is 0 Å². The molecule has 0 bridgehead atoms. The number of aliphatic hydroxyl groups is 3. The van der Waals surface area contributed by atoms with E-state index in [1.165, 1.54) is 0 Å². The van der Waals surface area contributed by atoms with Crippen LogP contribution in [-0.4, -0.2) is 57.7 Å². The van der Waals surface area contributed by atoms with Crippen LogP contribution in [0.1, 0.15) is 6.42 Å². The van der Waals surface area contributed by atoms with E-state index < -0.39 is 18.3 Å². The van der Waals surface area contributed by atoms with Crippen molar-refractivity contribution >= 4 is 0 Å². The zero-order valence-corrected chi connectivity index (χ0v) is 7.37. The largest absolute Gasteiger partial charge is 0.389 e. The van der Waals surface area contributed by atoms with E-state index in [9.17, 15) is 15.3 Å². The highest BCUT2D eigenvalue weighted by atomic mass is 16.4. The molecule has 2 radical (unpaired) electrons. The molecule has 0 aromatic rings. The summed E-state index contributed by atoms with van der Waals surface area (Å²) in [4.78, 5) is 2.00. The average molecular weight is 185 g/mol. The van der Waals surface area contributed by atoms with Gasteiger partial charge in [-0.05, 0) is 25.8 Å². The minimum atomic E-state index is -1.01. The van der Waals surface area contributed by atoms with Crippen LogP contribution in [0.4, 0.5) is 0 Å². The second kappa shape index (κ2) is 3.53. The maximum absolute atomic E-state index is 9.64. The van der Waals surface area contributed by atoms with Crippen LogP contribution in [0.25, 0.3) is 0 Å². The third-order valence-electron chi connectivity index (χ3n) is 2.85. The fourth-order valence-corrected chi connectivity index (χ4v) is 2.07. The van der Waals surface area contributed by atoms with E-state index in [0.29, 0.717) is 6.54 Å². The third kappa shape index (κ3) is 1.59. The molecular weight excluding hydrogens is 170 g/mol. The lowest BCUT2D eigenvalue weighted by molar-refractivity contribution is -0.132. The molecule has 4 nitrogen and oxygen atoms in total. The quantitative estimate of drug-likeness (QED) is 0.433. The van der Waals surface area contributed by atoms with Gasteiger partial charge in [-0.25, -0.2) is 0 Å². The summed E-state index contributed by atoms with van der Waals surface area (Å²) in [7, 11) is 0. The lowest BCUT2D eigenvalue weighted by Crippen LogP contribution is -2.62. The van der Waals surface area contributed by atoms with Gasteiger partial charge in [0, 0.05) is 12.6 Å². The van der Waals surface area contributed by atoms with Crippen molar-refractivity contribution in [1.29, 1.82) is 0 Å². The zero-order valence-electron chi connectivity index (χ0n) is 7.37. The van der Waals surface area contributed by atoms with Crippen molar-refractivity contribution in [3.8, 4) is 0 Å². The maximum Gasteiger partial charge on any atom is 0.108 e.